The lowest BCUT2D eigenvalue weighted by Gasteiger charge is -2.07. The average molecular weight is 299 g/mol. The predicted octanol–water partition coefficient (Wildman–Crippen LogP) is 2.08. The van der Waals surface area contributed by atoms with E-state index in [1.807, 2.05) is 18.2 Å². The van der Waals surface area contributed by atoms with Crippen LogP contribution in [-0.4, -0.2) is 19.0 Å². The maximum absolute atomic E-state index is 11.8. The summed E-state index contributed by atoms with van der Waals surface area (Å²) in [5, 5.41) is 0. The monoisotopic (exact) mass is 299 g/mol. The molecule has 2 rings (SSSR count). The zero-order chi connectivity index (χ0) is 15.9. The molecule has 0 saturated carbocycles. The highest BCUT2D eigenvalue weighted by atomic mass is 16.5. The largest absolute Gasteiger partial charge is 0.497 e. The quantitative estimate of drug-likeness (QED) is 0.828. The Hall–Kier alpha value is -2.82. The predicted molar refractivity (Wildman–Crippen MR) is 81.5 cm³/mol. The number of benzene rings is 2. The lowest BCUT2D eigenvalue weighted by Crippen LogP contribution is -2.11. The van der Waals surface area contributed by atoms with Gasteiger partial charge >= 0.3 is 5.97 Å². The van der Waals surface area contributed by atoms with Gasteiger partial charge in [0.15, 0.2) is 0 Å². The van der Waals surface area contributed by atoms with E-state index in [2.05, 4.69) is 0 Å². The first-order valence-electron chi connectivity index (χ1n) is 6.76. The molecule has 1 amide bonds. The van der Waals surface area contributed by atoms with Crippen LogP contribution >= 0.6 is 0 Å². The van der Waals surface area contributed by atoms with Crippen LogP contribution in [0.3, 0.4) is 0 Å². The number of nitrogens with two attached hydrogens (primary N) is 1. The number of primary amides is 1. The standard InChI is InChI=1S/C17H17NO4/c1-21-15-4-2-3-13(9-15)10-16(19)22-11-12-5-7-14(8-6-12)17(18)20/h2-9H,10-11H2,1H3,(H2,18,20). The second kappa shape index (κ2) is 7.26. The molecule has 0 heterocycles. The van der Waals surface area contributed by atoms with Gasteiger partial charge in [0.2, 0.25) is 5.91 Å². The van der Waals surface area contributed by atoms with Gasteiger partial charge in [-0.15, -0.1) is 0 Å². The van der Waals surface area contributed by atoms with Gasteiger partial charge in [-0.05, 0) is 35.4 Å². The third-order valence-electron chi connectivity index (χ3n) is 3.12. The SMILES string of the molecule is COc1cccc(CC(=O)OCc2ccc(C(N)=O)cc2)c1. The molecule has 0 fully saturated rings. The molecule has 0 aliphatic rings. The van der Waals surface area contributed by atoms with E-state index in [0.29, 0.717) is 11.3 Å². The van der Waals surface area contributed by atoms with E-state index in [0.717, 1.165) is 11.1 Å². The van der Waals surface area contributed by atoms with Crippen LogP contribution in [-0.2, 0) is 22.6 Å². The zero-order valence-electron chi connectivity index (χ0n) is 12.2. The van der Waals surface area contributed by atoms with Gasteiger partial charge in [-0.1, -0.05) is 24.3 Å². The Bertz CT molecular complexity index is 665. The normalized spacial score (nSPS) is 10.0. The Labute approximate surface area is 128 Å². The summed E-state index contributed by atoms with van der Waals surface area (Å²) < 4.78 is 10.3. The van der Waals surface area contributed by atoms with Crippen LogP contribution in [0.25, 0.3) is 0 Å². The van der Waals surface area contributed by atoms with Gasteiger partial charge in [0.1, 0.15) is 12.4 Å². The second-order valence-electron chi connectivity index (χ2n) is 4.75. The molecule has 114 valence electrons. The van der Waals surface area contributed by atoms with Crippen LogP contribution in [0, 0.1) is 0 Å². The molecule has 5 heteroatoms. The van der Waals surface area contributed by atoms with Crippen LogP contribution in [0.15, 0.2) is 48.5 Å². The van der Waals surface area contributed by atoms with E-state index in [9.17, 15) is 9.59 Å². The molecule has 0 aromatic heterocycles. The summed E-state index contributed by atoms with van der Waals surface area (Å²) in [5.74, 6) is -0.110. The fourth-order valence-electron chi connectivity index (χ4n) is 1.93. The number of hydrogen-bond acceptors (Lipinski definition) is 4. The van der Waals surface area contributed by atoms with Crippen LogP contribution in [0.2, 0.25) is 0 Å². The zero-order valence-corrected chi connectivity index (χ0v) is 12.2. The average Bonchev–Trinajstić information content (AvgIpc) is 2.53. The summed E-state index contributed by atoms with van der Waals surface area (Å²) in [6.45, 7) is 0.155. The van der Waals surface area contributed by atoms with Crippen molar-refractivity contribution in [2.45, 2.75) is 13.0 Å². The van der Waals surface area contributed by atoms with E-state index in [1.54, 1.807) is 37.4 Å². The van der Waals surface area contributed by atoms with E-state index >= 15 is 0 Å². The van der Waals surface area contributed by atoms with Crippen LogP contribution < -0.4 is 10.5 Å². The molecule has 2 N–H and O–H groups in total. The van der Waals surface area contributed by atoms with E-state index in [-0.39, 0.29) is 19.0 Å². The molecular weight excluding hydrogens is 282 g/mol. The lowest BCUT2D eigenvalue weighted by atomic mass is 10.1. The molecule has 2 aromatic rings. The van der Waals surface area contributed by atoms with Crippen molar-refractivity contribution in [2.24, 2.45) is 5.73 Å². The van der Waals surface area contributed by atoms with Crippen LogP contribution in [0.4, 0.5) is 0 Å². The molecule has 0 radical (unpaired) electrons. The molecule has 0 unspecified atom stereocenters. The summed E-state index contributed by atoms with van der Waals surface area (Å²) in [6.07, 6.45) is 0.177. The minimum atomic E-state index is -0.485. The van der Waals surface area contributed by atoms with E-state index in [4.69, 9.17) is 15.2 Å². The molecule has 0 saturated heterocycles. The van der Waals surface area contributed by atoms with Crippen LogP contribution in [0.1, 0.15) is 21.5 Å². The molecule has 0 atom stereocenters. The minimum absolute atomic E-state index is 0.155. The number of hydrogen-bond donors (Lipinski definition) is 1. The van der Waals surface area contributed by atoms with Crippen molar-refractivity contribution in [1.82, 2.24) is 0 Å². The maximum atomic E-state index is 11.8. The summed E-state index contributed by atoms with van der Waals surface area (Å²) in [5.41, 5.74) is 7.21. The molecule has 22 heavy (non-hydrogen) atoms. The van der Waals surface area contributed by atoms with Crippen molar-refractivity contribution in [3.05, 3.63) is 65.2 Å². The summed E-state index contributed by atoms with van der Waals surface area (Å²) in [6, 6.07) is 13.9. The van der Waals surface area contributed by atoms with Gasteiger partial charge in [-0.2, -0.15) is 0 Å². The van der Waals surface area contributed by atoms with Crippen molar-refractivity contribution < 1.29 is 19.1 Å². The Morgan fingerprint density at radius 3 is 2.41 bits per heavy atom. The third kappa shape index (κ3) is 4.34. The van der Waals surface area contributed by atoms with Crippen LogP contribution in [0.5, 0.6) is 5.75 Å². The van der Waals surface area contributed by atoms with Gasteiger partial charge in [0.05, 0.1) is 13.5 Å². The Balaban J connectivity index is 1.88. The molecule has 0 spiro atoms. The number of esters is 1. The van der Waals surface area contributed by atoms with Crippen molar-refractivity contribution in [1.29, 1.82) is 0 Å². The molecular formula is C17H17NO4. The molecule has 5 nitrogen and oxygen atoms in total. The van der Waals surface area contributed by atoms with Crippen molar-refractivity contribution >= 4 is 11.9 Å². The number of rotatable bonds is 6. The Kier molecular flexibility index (Phi) is 5.14. The first kappa shape index (κ1) is 15.6. The Morgan fingerprint density at radius 2 is 1.77 bits per heavy atom. The van der Waals surface area contributed by atoms with Gasteiger partial charge in [0, 0.05) is 5.56 Å². The van der Waals surface area contributed by atoms with Gasteiger partial charge < -0.3 is 15.2 Å². The fourth-order valence-corrected chi connectivity index (χ4v) is 1.93. The van der Waals surface area contributed by atoms with Gasteiger partial charge in [-0.3, -0.25) is 9.59 Å². The summed E-state index contributed by atoms with van der Waals surface area (Å²) in [7, 11) is 1.58. The fraction of sp³-hybridized carbons (Fsp3) is 0.176. The number of carbonyl (C=O) groups is 2. The van der Waals surface area contributed by atoms with Gasteiger partial charge in [0.25, 0.3) is 0 Å². The third-order valence-corrected chi connectivity index (χ3v) is 3.12. The van der Waals surface area contributed by atoms with Crippen molar-refractivity contribution in [2.75, 3.05) is 7.11 Å². The summed E-state index contributed by atoms with van der Waals surface area (Å²) >= 11 is 0. The molecule has 0 aliphatic carbocycles. The van der Waals surface area contributed by atoms with Crippen molar-refractivity contribution in [3.8, 4) is 5.75 Å². The van der Waals surface area contributed by atoms with E-state index in [1.165, 1.54) is 0 Å². The lowest BCUT2D eigenvalue weighted by molar-refractivity contribution is -0.144. The smallest absolute Gasteiger partial charge is 0.310 e. The number of carbonyl (C=O) groups excluding carboxylic acids is 2. The molecule has 0 aliphatic heterocycles. The Morgan fingerprint density at radius 1 is 1.05 bits per heavy atom. The highest BCUT2D eigenvalue weighted by Gasteiger charge is 2.07. The highest BCUT2D eigenvalue weighted by Crippen LogP contribution is 2.13. The van der Waals surface area contributed by atoms with Crippen molar-refractivity contribution in [3.63, 3.8) is 0 Å². The molecule has 2 aromatic carbocycles. The van der Waals surface area contributed by atoms with Gasteiger partial charge in [-0.25, -0.2) is 0 Å². The number of ether oxygens (including phenoxy) is 2. The number of methoxy groups -OCH3 is 1. The first-order valence-corrected chi connectivity index (χ1v) is 6.76. The number of amides is 1. The maximum Gasteiger partial charge on any atom is 0.310 e. The summed E-state index contributed by atoms with van der Waals surface area (Å²) in [4.78, 5) is 22.8. The minimum Gasteiger partial charge on any atom is -0.497 e. The van der Waals surface area contributed by atoms with E-state index < -0.39 is 5.91 Å². The highest BCUT2D eigenvalue weighted by molar-refractivity contribution is 5.92. The second-order valence-corrected chi connectivity index (χ2v) is 4.75. The molecule has 0 bridgehead atoms. The topological polar surface area (TPSA) is 78.6 Å². The first-order chi connectivity index (χ1) is 10.6.